The van der Waals surface area contributed by atoms with Gasteiger partial charge in [0.15, 0.2) is 0 Å². The van der Waals surface area contributed by atoms with Crippen LogP contribution in [0.4, 0.5) is 4.39 Å². The van der Waals surface area contributed by atoms with Crippen molar-refractivity contribution < 1.29 is 4.39 Å². The van der Waals surface area contributed by atoms with Crippen molar-refractivity contribution in [2.75, 3.05) is 0 Å². The molecule has 0 unspecified atom stereocenters. The Kier molecular flexibility index (Phi) is 1.59. The van der Waals surface area contributed by atoms with E-state index in [2.05, 4.69) is 0 Å². The number of thiophene rings is 1. The highest BCUT2D eigenvalue weighted by atomic mass is 35.5. The molecule has 0 aliphatic carbocycles. The van der Waals surface area contributed by atoms with Crippen molar-refractivity contribution in [3.05, 3.63) is 34.4 Å². The highest BCUT2D eigenvalue weighted by Crippen LogP contribution is 2.31. The quantitative estimate of drug-likeness (QED) is 0.589. The van der Waals surface area contributed by atoms with Crippen LogP contribution in [-0.4, -0.2) is 0 Å². The summed E-state index contributed by atoms with van der Waals surface area (Å²) in [6, 6.07) is 4.96. The molecule has 0 aliphatic rings. The number of rotatable bonds is 0. The second kappa shape index (κ2) is 2.47. The molecule has 0 bridgehead atoms. The molecule has 1 aromatic heterocycles. The first kappa shape index (κ1) is 7.07. The molecule has 2 aromatic rings. The SMILES string of the molecule is Fc1cccc2scc(Cl)c12. The van der Waals surface area contributed by atoms with Crippen molar-refractivity contribution in [1.82, 2.24) is 0 Å². The molecule has 0 fully saturated rings. The maximum Gasteiger partial charge on any atom is 0.133 e. The third-order valence-electron chi connectivity index (χ3n) is 1.50. The van der Waals surface area contributed by atoms with Crippen LogP contribution < -0.4 is 0 Å². The molecule has 0 radical (unpaired) electrons. The van der Waals surface area contributed by atoms with Crippen molar-refractivity contribution in [3.8, 4) is 0 Å². The summed E-state index contributed by atoms with van der Waals surface area (Å²) in [5.41, 5.74) is 0. The zero-order chi connectivity index (χ0) is 7.84. The number of hydrogen-bond acceptors (Lipinski definition) is 1. The summed E-state index contributed by atoms with van der Waals surface area (Å²) >= 11 is 7.20. The molecule has 0 aliphatic heterocycles. The van der Waals surface area contributed by atoms with Crippen LogP contribution in [0, 0.1) is 5.82 Å². The van der Waals surface area contributed by atoms with Gasteiger partial charge in [0.25, 0.3) is 0 Å². The van der Waals surface area contributed by atoms with Gasteiger partial charge >= 0.3 is 0 Å². The van der Waals surface area contributed by atoms with Crippen LogP contribution in [0.5, 0.6) is 0 Å². The van der Waals surface area contributed by atoms with Crippen LogP contribution in [0.3, 0.4) is 0 Å². The van der Waals surface area contributed by atoms with Gasteiger partial charge in [0.2, 0.25) is 0 Å². The van der Waals surface area contributed by atoms with Crippen LogP contribution in [0.2, 0.25) is 5.02 Å². The average Bonchev–Trinajstić information content (AvgIpc) is 2.34. The summed E-state index contributed by atoms with van der Waals surface area (Å²) in [7, 11) is 0. The highest BCUT2D eigenvalue weighted by Gasteiger charge is 2.05. The molecule has 1 heterocycles. The lowest BCUT2D eigenvalue weighted by atomic mass is 10.2. The van der Waals surface area contributed by atoms with E-state index in [4.69, 9.17) is 11.6 Å². The first-order chi connectivity index (χ1) is 5.29. The number of benzene rings is 1. The molecule has 2 rings (SSSR count). The van der Waals surface area contributed by atoms with Gasteiger partial charge in [-0.25, -0.2) is 4.39 Å². The van der Waals surface area contributed by atoms with Gasteiger partial charge in [-0.3, -0.25) is 0 Å². The van der Waals surface area contributed by atoms with Crippen molar-refractivity contribution >= 4 is 33.0 Å². The van der Waals surface area contributed by atoms with Crippen molar-refractivity contribution in [2.24, 2.45) is 0 Å². The predicted molar refractivity (Wildman–Crippen MR) is 46.8 cm³/mol. The van der Waals surface area contributed by atoms with Crippen molar-refractivity contribution in [1.29, 1.82) is 0 Å². The Morgan fingerprint density at radius 3 is 2.91 bits per heavy atom. The van der Waals surface area contributed by atoms with Crippen molar-refractivity contribution in [3.63, 3.8) is 0 Å². The lowest BCUT2D eigenvalue weighted by molar-refractivity contribution is 0.640. The topological polar surface area (TPSA) is 0 Å². The second-order valence-electron chi connectivity index (χ2n) is 2.20. The summed E-state index contributed by atoms with van der Waals surface area (Å²) in [5, 5.41) is 2.79. The maximum absolute atomic E-state index is 13.0. The normalized spacial score (nSPS) is 10.7. The first-order valence-corrected chi connectivity index (χ1v) is 4.36. The lowest BCUT2D eigenvalue weighted by Gasteiger charge is -1.90. The van der Waals surface area contributed by atoms with Gasteiger partial charge in [-0.2, -0.15) is 0 Å². The highest BCUT2D eigenvalue weighted by molar-refractivity contribution is 7.17. The van der Waals surface area contributed by atoms with Crippen LogP contribution >= 0.6 is 22.9 Å². The molecule has 3 heteroatoms. The van der Waals surface area contributed by atoms with E-state index in [1.165, 1.54) is 17.4 Å². The molecule has 0 saturated carbocycles. The zero-order valence-corrected chi connectivity index (χ0v) is 7.05. The van der Waals surface area contributed by atoms with Crippen LogP contribution in [0.25, 0.3) is 10.1 Å². The maximum atomic E-state index is 13.0. The fourth-order valence-electron chi connectivity index (χ4n) is 1.01. The standard InChI is InChI=1S/C8H4ClFS/c9-5-4-11-7-3-1-2-6(10)8(5)7/h1-4H. The van der Waals surface area contributed by atoms with E-state index in [0.717, 1.165) is 4.70 Å². The van der Waals surface area contributed by atoms with E-state index in [-0.39, 0.29) is 5.82 Å². The van der Waals surface area contributed by atoms with Crippen LogP contribution in [0.1, 0.15) is 0 Å². The van der Waals surface area contributed by atoms with E-state index in [9.17, 15) is 4.39 Å². The predicted octanol–water partition coefficient (Wildman–Crippen LogP) is 3.69. The van der Waals surface area contributed by atoms with Crippen molar-refractivity contribution in [2.45, 2.75) is 0 Å². The molecule has 56 valence electrons. The third kappa shape index (κ3) is 1.03. The van der Waals surface area contributed by atoms with E-state index in [0.29, 0.717) is 10.4 Å². The fraction of sp³-hybridized carbons (Fsp3) is 0. The minimum Gasteiger partial charge on any atom is -0.206 e. The number of hydrogen-bond donors (Lipinski definition) is 0. The van der Waals surface area contributed by atoms with E-state index in [1.807, 2.05) is 6.07 Å². The minimum absolute atomic E-state index is 0.242. The van der Waals surface area contributed by atoms with Crippen LogP contribution in [0.15, 0.2) is 23.6 Å². The summed E-state index contributed by atoms with van der Waals surface area (Å²) < 4.78 is 13.9. The molecule has 0 spiro atoms. The Morgan fingerprint density at radius 1 is 1.36 bits per heavy atom. The van der Waals surface area contributed by atoms with Gasteiger partial charge in [0, 0.05) is 15.5 Å². The zero-order valence-electron chi connectivity index (χ0n) is 5.47. The number of fused-ring (bicyclic) bond motifs is 1. The van der Waals surface area contributed by atoms with E-state index >= 15 is 0 Å². The Hall–Kier alpha value is -0.600. The molecule has 0 N–H and O–H groups in total. The summed E-state index contributed by atoms with van der Waals surface area (Å²) in [4.78, 5) is 0. The second-order valence-corrected chi connectivity index (χ2v) is 3.52. The van der Waals surface area contributed by atoms with E-state index in [1.54, 1.807) is 11.4 Å². The molecular formula is C8H4ClFS. The molecule has 0 amide bonds. The van der Waals surface area contributed by atoms with Gasteiger partial charge in [-0.05, 0) is 12.1 Å². The average molecular weight is 187 g/mol. The Bertz CT molecular complexity index is 394. The summed E-state index contributed by atoms with van der Waals surface area (Å²) in [5.74, 6) is -0.242. The first-order valence-electron chi connectivity index (χ1n) is 3.10. The van der Waals surface area contributed by atoms with Gasteiger partial charge in [-0.15, -0.1) is 11.3 Å². The molecule has 0 saturated heterocycles. The fourth-order valence-corrected chi connectivity index (χ4v) is 2.22. The summed E-state index contributed by atoms with van der Waals surface area (Å²) in [6.07, 6.45) is 0. The molecule has 1 aromatic carbocycles. The van der Waals surface area contributed by atoms with Crippen LogP contribution in [-0.2, 0) is 0 Å². The van der Waals surface area contributed by atoms with Gasteiger partial charge < -0.3 is 0 Å². The monoisotopic (exact) mass is 186 g/mol. The molecule has 11 heavy (non-hydrogen) atoms. The minimum atomic E-state index is -0.242. The molecule has 0 atom stereocenters. The summed E-state index contributed by atoms with van der Waals surface area (Å²) in [6.45, 7) is 0. The lowest BCUT2D eigenvalue weighted by Crippen LogP contribution is -1.72. The smallest absolute Gasteiger partial charge is 0.133 e. The Balaban J connectivity index is 2.96. The Morgan fingerprint density at radius 2 is 2.18 bits per heavy atom. The third-order valence-corrected chi connectivity index (χ3v) is 2.88. The Labute approximate surface area is 72.2 Å². The van der Waals surface area contributed by atoms with Gasteiger partial charge in [0.1, 0.15) is 5.82 Å². The van der Waals surface area contributed by atoms with E-state index < -0.39 is 0 Å². The van der Waals surface area contributed by atoms with Gasteiger partial charge in [-0.1, -0.05) is 17.7 Å². The number of halogens is 2. The molecule has 0 nitrogen and oxygen atoms in total. The largest absolute Gasteiger partial charge is 0.206 e. The van der Waals surface area contributed by atoms with Gasteiger partial charge in [0.05, 0.1) is 5.02 Å². The molecular weight excluding hydrogens is 183 g/mol.